The number of hydrogen-bond donors (Lipinski definition) is 2. The van der Waals surface area contributed by atoms with Crippen LogP contribution in [0.2, 0.25) is 0 Å². The first-order valence-corrected chi connectivity index (χ1v) is 5.93. The van der Waals surface area contributed by atoms with Crippen molar-refractivity contribution in [2.75, 3.05) is 20.6 Å². The van der Waals surface area contributed by atoms with E-state index in [1.54, 1.807) is 13.1 Å². The second kappa shape index (κ2) is 7.08. The molecule has 0 aliphatic heterocycles. The standard InChI is InChI=1S/C13H20FN3O/c1-16-13(18)5-6-17(2)9-11-4-3-10(8-15)7-12(11)14/h3-4,7H,5-6,8-9,15H2,1-2H3,(H,16,18). The van der Waals surface area contributed by atoms with Crippen molar-refractivity contribution >= 4 is 5.91 Å². The van der Waals surface area contributed by atoms with Crippen LogP contribution in [0.15, 0.2) is 18.2 Å². The van der Waals surface area contributed by atoms with Crippen molar-refractivity contribution in [3.63, 3.8) is 0 Å². The fourth-order valence-corrected chi connectivity index (χ4v) is 1.63. The van der Waals surface area contributed by atoms with Crippen LogP contribution in [0, 0.1) is 5.82 Å². The maximum absolute atomic E-state index is 13.7. The molecule has 0 saturated carbocycles. The number of hydrogen-bond acceptors (Lipinski definition) is 3. The van der Waals surface area contributed by atoms with Gasteiger partial charge < -0.3 is 16.0 Å². The van der Waals surface area contributed by atoms with Gasteiger partial charge in [0, 0.05) is 38.7 Å². The Balaban J connectivity index is 2.53. The molecule has 1 aromatic rings. The molecule has 1 aromatic carbocycles. The molecule has 3 N–H and O–H groups in total. The first-order chi connectivity index (χ1) is 8.56. The number of rotatable bonds is 6. The largest absolute Gasteiger partial charge is 0.359 e. The minimum Gasteiger partial charge on any atom is -0.359 e. The van der Waals surface area contributed by atoms with Gasteiger partial charge in [0.1, 0.15) is 5.82 Å². The number of carbonyl (C=O) groups is 1. The molecule has 18 heavy (non-hydrogen) atoms. The number of nitrogens with one attached hydrogen (secondary N) is 1. The molecule has 100 valence electrons. The van der Waals surface area contributed by atoms with Gasteiger partial charge in [-0.15, -0.1) is 0 Å². The molecule has 0 heterocycles. The molecule has 0 fully saturated rings. The van der Waals surface area contributed by atoms with Crippen molar-refractivity contribution in [2.24, 2.45) is 5.73 Å². The fraction of sp³-hybridized carbons (Fsp3) is 0.462. The molecule has 0 radical (unpaired) electrons. The molecular formula is C13H20FN3O. The Morgan fingerprint density at radius 1 is 1.50 bits per heavy atom. The Morgan fingerprint density at radius 3 is 2.78 bits per heavy atom. The van der Waals surface area contributed by atoms with Crippen molar-refractivity contribution in [2.45, 2.75) is 19.5 Å². The molecule has 0 atom stereocenters. The predicted octanol–water partition coefficient (Wildman–Crippen LogP) is 0.852. The second-order valence-corrected chi connectivity index (χ2v) is 4.29. The zero-order valence-electron chi connectivity index (χ0n) is 10.9. The van der Waals surface area contributed by atoms with Gasteiger partial charge in [0.05, 0.1) is 0 Å². The molecule has 1 amide bonds. The second-order valence-electron chi connectivity index (χ2n) is 4.29. The first kappa shape index (κ1) is 14.6. The summed E-state index contributed by atoms with van der Waals surface area (Å²) in [5.41, 5.74) is 6.84. The zero-order chi connectivity index (χ0) is 13.5. The van der Waals surface area contributed by atoms with Crippen LogP contribution in [0.25, 0.3) is 0 Å². The van der Waals surface area contributed by atoms with Crippen LogP contribution < -0.4 is 11.1 Å². The molecule has 0 aliphatic carbocycles. The van der Waals surface area contributed by atoms with Crippen LogP contribution in [0.5, 0.6) is 0 Å². The Bertz CT molecular complexity index is 409. The minimum absolute atomic E-state index is 0.0131. The molecule has 0 bridgehead atoms. The summed E-state index contributed by atoms with van der Waals surface area (Å²) < 4.78 is 13.7. The van der Waals surface area contributed by atoms with Crippen LogP contribution in [0.1, 0.15) is 17.5 Å². The van der Waals surface area contributed by atoms with E-state index in [0.717, 1.165) is 5.56 Å². The number of benzene rings is 1. The van der Waals surface area contributed by atoms with Crippen molar-refractivity contribution < 1.29 is 9.18 Å². The average molecular weight is 253 g/mol. The monoisotopic (exact) mass is 253 g/mol. The van der Waals surface area contributed by atoms with E-state index >= 15 is 0 Å². The lowest BCUT2D eigenvalue weighted by Gasteiger charge is -2.16. The van der Waals surface area contributed by atoms with Crippen molar-refractivity contribution in [1.82, 2.24) is 10.2 Å². The van der Waals surface area contributed by atoms with Gasteiger partial charge in [0.2, 0.25) is 5.91 Å². The lowest BCUT2D eigenvalue weighted by Crippen LogP contribution is -2.26. The molecule has 0 saturated heterocycles. The molecule has 4 nitrogen and oxygen atoms in total. The highest BCUT2D eigenvalue weighted by atomic mass is 19.1. The van der Waals surface area contributed by atoms with Gasteiger partial charge in [-0.3, -0.25) is 4.79 Å². The third kappa shape index (κ3) is 4.43. The predicted molar refractivity (Wildman–Crippen MR) is 69.3 cm³/mol. The Hall–Kier alpha value is -1.46. The summed E-state index contributed by atoms with van der Waals surface area (Å²) in [7, 11) is 3.47. The molecule has 0 aromatic heterocycles. The summed E-state index contributed by atoms with van der Waals surface area (Å²) in [5.74, 6) is -0.259. The normalized spacial score (nSPS) is 10.7. The third-order valence-electron chi connectivity index (χ3n) is 2.79. The summed E-state index contributed by atoms with van der Waals surface area (Å²) in [4.78, 5) is 13.0. The fourth-order valence-electron chi connectivity index (χ4n) is 1.63. The third-order valence-corrected chi connectivity index (χ3v) is 2.79. The lowest BCUT2D eigenvalue weighted by atomic mass is 10.1. The van der Waals surface area contributed by atoms with Gasteiger partial charge in [-0.25, -0.2) is 4.39 Å². The maximum atomic E-state index is 13.7. The van der Waals surface area contributed by atoms with Gasteiger partial charge >= 0.3 is 0 Å². The van der Waals surface area contributed by atoms with Crippen molar-refractivity contribution in [3.05, 3.63) is 35.1 Å². The summed E-state index contributed by atoms with van der Waals surface area (Å²) in [6.07, 6.45) is 0.412. The Labute approximate surface area is 107 Å². The highest BCUT2D eigenvalue weighted by molar-refractivity contribution is 5.75. The smallest absolute Gasteiger partial charge is 0.221 e. The SMILES string of the molecule is CNC(=O)CCN(C)Cc1ccc(CN)cc1F. The molecular weight excluding hydrogens is 233 g/mol. The molecule has 0 unspecified atom stereocenters. The van der Waals surface area contributed by atoms with E-state index in [1.165, 1.54) is 6.07 Å². The van der Waals surface area contributed by atoms with Gasteiger partial charge in [-0.05, 0) is 18.7 Å². The highest BCUT2D eigenvalue weighted by Crippen LogP contribution is 2.12. The van der Waals surface area contributed by atoms with E-state index in [9.17, 15) is 9.18 Å². The van der Waals surface area contributed by atoms with Crippen molar-refractivity contribution in [3.8, 4) is 0 Å². The molecule has 0 spiro atoms. The lowest BCUT2D eigenvalue weighted by molar-refractivity contribution is -0.120. The number of amides is 1. The first-order valence-electron chi connectivity index (χ1n) is 5.93. The summed E-state index contributed by atoms with van der Waals surface area (Å²) in [6.45, 7) is 1.41. The van der Waals surface area contributed by atoms with E-state index in [2.05, 4.69) is 5.32 Å². The van der Waals surface area contributed by atoms with Crippen LogP contribution in [0.3, 0.4) is 0 Å². The van der Waals surface area contributed by atoms with E-state index in [-0.39, 0.29) is 11.7 Å². The number of nitrogens with zero attached hydrogens (tertiary/aromatic N) is 1. The van der Waals surface area contributed by atoms with E-state index < -0.39 is 0 Å². The number of halogens is 1. The summed E-state index contributed by atoms with van der Waals surface area (Å²) in [6, 6.07) is 5.03. The molecule has 0 aliphatic rings. The molecule has 1 rings (SSSR count). The number of carbonyl (C=O) groups excluding carboxylic acids is 1. The van der Waals surface area contributed by atoms with Gasteiger partial charge in [0.25, 0.3) is 0 Å². The Kier molecular flexibility index (Phi) is 5.74. The van der Waals surface area contributed by atoms with Crippen LogP contribution in [-0.4, -0.2) is 31.4 Å². The van der Waals surface area contributed by atoms with Crippen LogP contribution in [0.4, 0.5) is 4.39 Å². The van der Waals surface area contributed by atoms with E-state index in [4.69, 9.17) is 5.73 Å². The quantitative estimate of drug-likeness (QED) is 0.790. The van der Waals surface area contributed by atoms with Gasteiger partial charge in [-0.2, -0.15) is 0 Å². The highest BCUT2D eigenvalue weighted by Gasteiger charge is 2.08. The van der Waals surface area contributed by atoms with Crippen molar-refractivity contribution in [1.29, 1.82) is 0 Å². The van der Waals surface area contributed by atoms with Gasteiger partial charge in [0.15, 0.2) is 0 Å². The maximum Gasteiger partial charge on any atom is 0.221 e. The average Bonchev–Trinajstić information content (AvgIpc) is 2.38. The van der Waals surface area contributed by atoms with Crippen LogP contribution in [-0.2, 0) is 17.9 Å². The van der Waals surface area contributed by atoms with E-state index in [0.29, 0.717) is 31.6 Å². The Morgan fingerprint density at radius 2 is 2.22 bits per heavy atom. The van der Waals surface area contributed by atoms with E-state index in [1.807, 2.05) is 18.0 Å². The molecule has 5 heteroatoms. The van der Waals surface area contributed by atoms with Gasteiger partial charge in [-0.1, -0.05) is 12.1 Å². The zero-order valence-corrected chi connectivity index (χ0v) is 10.9. The topological polar surface area (TPSA) is 58.4 Å². The summed E-state index contributed by atoms with van der Waals surface area (Å²) >= 11 is 0. The van der Waals surface area contributed by atoms with Crippen LogP contribution >= 0.6 is 0 Å². The minimum atomic E-state index is -0.246. The number of nitrogens with two attached hydrogens (primary N) is 1. The summed E-state index contributed by atoms with van der Waals surface area (Å²) in [5, 5.41) is 2.56.